The predicted octanol–water partition coefficient (Wildman–Crippen LogP) is 4.72. The first-order valence-electron chi connectivity index (χ1n) is 8.14. The van der Waals surface area contributed by atoms with Crippen molar-refractivity contribution in [3.05, 3.63) is 70.7 Å². The minimum atomic E-state index is -0.329. The van der Waals surface area contributed by atoms with E-state index < -0.39 is 0 Å². The summed E-state index contributed by atoms with van der Waals surface area (Å²) < 4.78 is 6.61. The first kappa shape index (κ1) is 18.5. The Balaban J connectivity index is 2.23. The van der Waals surface area contributed by atoms with Crippen molar-refractivity contribution < 1.29 is 14.0 Å². The summed E-state index contributed by atoms with van der Waals surface area (Å²) in [5.74, 6) is -0.329. The number of quaternary nitrogens is 1. The lowest BCUT2D eigenvalue weighted by Crippen LogP contribution is -2.48. The van der Waals surface area contributed by atoms with Crippen LogP contribution in [0, 0.1) is 0 Å². The maximum Gasteiger partial charge on any atom is 0.338 e. The van der Waals surface area contributed by atoms with Crippen molar-refractivity contribution in [3.8, 4) is 0 Å². The van der Waals surface area contributed by atoms with Crippen molar-refractivity contribution in [2.24, 2.45) is 0 Å². The Morgan fingerprint density at radius 1 is 1.04 bits per heavy atom. The molecule has 0 N–H and O–H groups in total. The van der Waals surface area contributed by atoms with Gasteiger partial charge in [-0.15, -0.1) is 0 Å². The van der Waals surface area contributed by atoms with Crippen molar-refractivity contribution in [2.75, 3.05) is 20.6 Å². The van der Waals surface area contributed by atoms with Crippen LogP contribution in [0.2, 0.25) is 5.02 Å². The van der Waals surface area contributed by atoms with Crippen LogP contribution in [-0.4, -0.2) is 37.1 Å². The van der Waals surface area contributed by atoms with Gasteiger partial charge in [0.2, 0.25) is 0 Å². The van der Waals surface area contributed by atoms with E-state index in [0.29, 0.717) is 23.2 Å². The van der Waals surface area contributed by atoms with Crippen LogP contribution in [0.3, 0.4) is 0 Å². The van der Waals surface area contributed by atoms with Crippen LogP contribution in [0.1, 0.15) is 35.9 Å². The molecule has 0 radical (unpaired) electrons. The van der Waals surface area contributed by atoms with Gasteiger partial charge in [-0.1, -0.05) is 41.9 Å². The van der Waals surface area contributed by atoms with Gasteiger partial charge in [0.1, 0.15) is 6.54 Å². The highest BCUT2D eigenvalue weighted by atomic mass is 35.5. The van der Waals surface area contributed by atoms with Gasteiger partial charge in [0, 0.05) is 5.02 Å². The molecular formula is C20H25ClNO2+. The topological polar surface area (TPSA) is 26.3 Å². The molecule has 0 heterocycles. The molecule has 0 bridgehead atoms. The molecule has 0 aromatic heterocycles. The fourth-order valence-electron chi connectivity index (χ4n) is 2.30. The van der Waals surface area contributed by atoms with Crippen molar-refractivity contribution in [2.45, 2.75) is 26.0 Å². The molecule has 2 rings (SSSR count). The molecular weight excluding hydrogens is 322 g/mol. The number of benzene rings is 2. The molecule has 4 heteroatoms. The fourth-order valence-corrected chi connectivity index (χ4v) is 2.43. The van der Waals surface area contributed by atoms with Crippen molar-refractivity contribution in [1.29, 1.82) is 0 Å². The SMILES string of the molecule is CC(C)[N+](C)(C)CC(OC(=O)c1ccc(Cl)cc1)c1ccccc1. The lowest BCUT2D eigenvalue weighted by molar-refractivity contribution is -0.914. The monoisotopic (exact) mass is 346 g/mol. The van der Waals surface area contributed by atoms with Gasteiger partial charge in [0.15, 0.2) is 6.10 Å². The highest BCUT2D eigenvalue weighted by molar-refractivity contribution is 6.30. The smallest absolute Gasteiger partial charge is 0.338 e. The highest BCUT2D eigenvalue weighted by Gasteiger charge is 2.29. The number of likely N-dealkylation sites (N-methyl/N-ethyl adjacent to an activating group) is 1. The van der Waals surface area contributed by atoms with Crippen molar-refractivity contribution in [3.63, 3.8) is 0 Å². The summed E-state index contributed by atoms with van der Waals surface area (Å²) in [6.07, 6.45) is -0.299. The van der Waals surface area contributed by atoms with Crippen LogP contribution in [-0.2, 0) is 4.74 Å². The summed E-state index contributed by atoms with van der Waals surface area (Å²) >= 11 is 5.89. The quantitative estimate of drug-likeness (QED) is 0.558. The van der Waals surface area contributed by atoms with E-state index in [1.54, 1.807) is 24.3 Å². The summed E-state index contributed by atoms with van der Waals surface area (Å²) in [7, 11) is 4.30. The summed E-state index contributed by atoms with van der Waals surface area (Å²) in [4.78, 5) is 12.5. The third-order valence-corrected chi connectivity index (χ3v) is 4.79. The van der Waals surface area contributed by atoms with E-state index in [4.69, 9.17) is 16.3 Å². The Morgan fingerprint density at radius 3 is 2.17 bits per heavy atom. The van der Waals surface area contributed by atoms with Gasteiger partial charge < -0.3 is 9.22 Å². The first-order valence-corrected chi connectivity index (χ1v) is 8.51. The zero-order valence-corrected chi connectivity index (χ0v) is 15.5. The molecule has 0 saturated heterocycles. The minimum absolute atomic E-state index is 0.299. The van der Waals surface area contributed by atoms with Gasteiger partial charge in [0.05, 0.1) is 25.7 Å². The maximum absolute atomic E-state index is 12.5. The first-order chi connectivity index (χ1) is 11.3. The molecule has 0 saturated carbocycles. The van der Waals surface area contributed by atoms with E-state index in [9.17, 15) is 4.79 Å². The largest absolute Gasteiger partial charge is 0.448 e. The number of carbonyl (C=O) groups is 1. The summed E-state index contributed by atoms with van der Waals surface area (Å²) in [5, 5.41) is 0.601. The van der Waals surface area contributed by atoms with Crippen LogP contribution >= 0.6 is 11.6 Å². The van der Waals surface area contributed by atoms with Crippen LogP contribution < -0.4 is 0 Å². The van der Waals surface area contributed by atoms with E-state index in [2.05, 4.69) is 27.9 Å². The third kappa shape index (κ3) is 4.83. The van der Waals surface area contributed by atoms with Gasteiger partial charge in [-0.05, 0) is 43.7 Å². The number of hydrogen-bond donors (Lipinski definition) is 0. The zero-order chi connectivity index (χ0) is 17.7. The normalized spacial score (nSPS) is 12.9. The molecule has 1 unspecified atom stereocenters. The van der Waals surface area contributed by atoms with E-state index >= 15 is 0 Å². The van der Waals surface area contributed by atoms with E-state index in [1.807, 2.05) is 30.3 Å². The Bertz CT molecular complexity index is 666. The molecule has 3 nitrogen and oxygen atoms in total. The second kappa shape index (κ2) is 7.82. The highest BCUT2D eigenvalue weighted by Crippen LogP contribution is 2.24. The minimum Gasteiger partial charge on any atom is -0.448 e. The molecule has 0 spiro atoms. The molecule has 0 aliphatic rings. The number of carbonyl (C=O) groups excluding carboxylic acids is 1. The average Bonchev–Trinajstić information content (AvgIpc) is 2.55. The van der Waals surface area contributed by atoms with Crippen molar-refractivity contribution >= 4 is 17.6 Å². The van der Waals surface area contributed by atoms with E-state index in [0.717, 1.165) is 10.0 Å². The average molecular weight is 347 g/mol. The zero-order valence-electron chi connectivity index (χ0n) is 14.7. The summed E-state index contributed by atoms with van der Waals surface area (Å²) in [6, 6.07) is 17.1. The van der Waals surface area contributed by atoms with Gasteiger partial charge in [0.25, 0.3) is 0 Å². The number of hydrogen-bond acceptors (Lipinski definition) is 2. The number of esters is 1. The molecule has 24 heavy (non-hydrogen) atoms. The fraction of sp³-hybridized carbons (Fsp3) is 0.350. The Hall–Kier alpha value is -1.84. The number of halogens is 1. The third-order valence-electron chi connectivity index (χ3n) is 4.53. The summed E-state index contributed by atoms with van der Waals surface area (Å²) in [5.41, 5.74) is 1.52. The molecule has 0 fully saturated rings. The molecule has 2 aromatic carbocycles. The maximum atomic E-state index is 12.5. The Kier molecular flexibility index (Phi) is 6.03. The molecule has 0 aliphatic heterocycles. The predicted molar refractivity (Wildman–Crippen MR) is 98.2 cm³/mol. The molecule has 2 aromatic rings. The molecule has 1 atom stereocenters. The van der Waals surface area contributed by atoms with Gasteiger partial charge in [-0.25, -0.2) is 4.79 Å². The second-order valence-corrected chi connectivity index (χ2v) is 7.30. The van der Waals surface area contributed by atoms with Crippen LogP contribution in [0.5, 0.6) is 0 Å². The number of nitrogens with zero attached hydrogens (tertiary/aromatic N) is 1. The van der Waals surface area contributed by atoms with Crippen LogP contribution in [0.25, 0.3) is 0 Å². The molecule has 0 amide bonds. The number of rotatable bonds is 6. The molecule has 0 aliphatic carbocycles. The standard InChI is InChI=1S/C20H25ClNO2/c1-15(2)22(3,4)14-19(16-8-6-5-7-9-16)24-20(23)17-10-12-18(21)13-11-17/h5-13,15,19H,14H2,1-4H3/q+1. The van der Waals surface area contributed by atoms with Crippen molar-refractivity contribution in [1.82, 2.24) is 0 Å². The van der Waals surface area contributed by atoms with Gasteiger partial charge in [-0.3, -0.25) is 0 Å². The lowest BCUT2D eigenvalue weighted by atomic mass is 10.1. The second-order valence-electron chi connectivity index (χ2n) is 6.87. The van der Waals surface area contributed by atoms with E-state index in [-0.39, 0.29) is 12.1 Å². The molecule has 128 valence electrons. The van der Waals surface area contributed by atoms with Gasteiger partial charge in [-0.2, -0.15) is 0 Å². The van der Waals surface area contributed by atoms with E-state index in [1.165, 1.54) is 0 Å². The van der Waals surface area contributed by atoms with Crippen LogP contribution in [0.15, 0.2) is 54.6 Å². The number of ether oxygens (including phenoxy) is 1. The Labute approximate surface area is 149 Å². The summed E-state index contributed by atoms with van der Waals surface area (Å²) in [6.45, 7) is 5.05. The lowest BCUT2D eigenvalue weighted by Gasteiger charge is -2.37. The van der Waals surface area contributed by atoms with Gasteiger partial charge >= 0.3 is 5.97 Å². The Morgan fingerprint density at radius 2 is 1.62 bits per heavy atom. The van der Waals surface area contributed by atoms with Crippen LogP contribution in [0.4, 0.5) is 0 Å².